The fourth-order valence-corrected chi connectivity index (χ4v) is 5.43. The van der Waals surface area contributed by atoms with Gasteiger partial charge in [0.25, 0.3) is 5.56 Å². The van der Waals surface area contributed by atoms with Gasteiger partial charge in [-0.05, 0) is 64.3 Å². The summed E-state index contributed by atoms with van der Waals surface area (Å²) in [6, 6.07) is 9.37. The largest absolute Gasteiger partial charge is 0.480 e. The second-order valence-electron chi connectivity index (χ2n) is 7.80. The van der Waals surface area contributed by atoms with Crippen molar-refractivity contribution in [1.29, 1.82) is 0 Å². The van der Waals surface area contributed by atoms with Crippen LogP contribution in [0.5, 0.6) is 5.75 Å². The zero-order valence-corrected chi connectivity index (χ0v) is 22.7. The minimum atomic E-state index is -4.99. The molecule has 0 bridgehead atoms. The Hall–Kier alpha value is -3.33. The number of fused-ring (bicyclic) bond motifs is 1. The maximum Gasteiger partial charge on any atom is 0.434 e. The molecule has 1 aliphatic rings. The van der Waals surface area contributed by atoms with Gasteiger partial charge in [0.15, 0.2) is 10.5 Å². The summed E-state index contributed by atoms with van der Waals surface area (Å²) >= 11 is 10.1. The topological polar surface area (TPSA) is 69.9 Å². The predicted molar refractivity (Wildman–Crippen MR) is 141 cm³/mol. The number of benzene rings is 2. The third-order valence-corrected chi connectivity index (χ3v) is 7.20. The number of halogens is 5. The van der Waals surface area contributed by atoms with E-state index in [4.69, 9.17) is 27.5 Å². The minimum Gasteiger partial charge on any atom is -0.480 e. The van der Waals surface area contributed by atoms with Gasteiger partial charge in [0.1, 0.15) is 12.4 Å². The standard InChI is InChI=1S/C26H17BrClF3N2O4S/c1-3-11-37-18-10-5-14(12-17(18)27)13-19-23(34)33-21(15-6-8-16(28)9-7-15)20(24(35)36-4-2)22(26(29,30)31)32-25(33)38-19/h1,5-10,12-13,21H,4,11H2,2H3/b19-13-/t21-/m0/s1. The van der Waals surface area contributed by atoms with Crippen LogP contribution >= 0.6 is 38.9 Å². The number of hydrogen-bond donors (Lipinski definition) is 0. The van der Waals surface area contributed by atoms with E-state index in [0.717, 1.165) is 15.9 Å². The smallest absolute Gasteiger partial charge is 0.434 e. The Morgan fingerprint density at radius 3 is 2.61 bits per heavy atom. The molecule has 1 aromatic heterocycles. The monoisotopic (exact) mass is 624 g/mol. The molecule has 0 spiro atoms. The van der Waals surface area contributed by atoms with Gasteiger partial charge in [0.05, 0.1) is 27.2 Å². The van der Waals surface area contributed by atoms with Crippen molar-refractivity contribution in [3.63, 3.8) is 0 Å². The maximum atomic E-state index is 14.2. The minimum absolute atomic E-state index is 0.0611. The Morgan fingerprint density at radius 1 is 1.29 bits per heavy atom. The van der Waals surface area contributed by atoms with Crippen molar-refractivity contribution >= 4 is 50.9 Å². The summed E-state index contributed by atoms with van der Waals surface area (Å²) in [5, 5.41) is 0.333. The van der Waals surface area contributed by atoms with Gasteiger partial charge in [-0.2, -0.15) is 13.2 Å². The average Bonchev–Trinajstić information content (AvgIpc) is 3.17. The molecule has 1 aliphatic heterocycles. The van der Waals surface area contributed by atoms with E-state index in [2.05, 4.69) is 26.8 Å². The number of ether oxygens (including phenoxy) is 2. The van der Waals surface area contributed by atoms with Crippen LogP contribution in [0.3, 0.4) is 0 Å². The molecule has 0 saturated carbocycles. The first-order valence-corrected chi connectivity index (χ1v) is 13.0. The van der Waals surface area contributed by atoms with Crippen molar-refractivity contribution in [3.05, 3.63) is 94.0 Å². The van der Waals surface area contributed by atoms with Crippen LogP contribution in [0.4, 0.5) is 13.2 Å². The zero-order valence-electron chi connectivity index (χ0n) is 19.5. The van der Waals surface area contributed by atoms with E-state index < -0.39 is 35.0 Å². The number of nitrogens with zero attached hydrogens (tertiary/aromatic N) is 2. The highest BCUT2D eigenvalue weighted by Crippen LogP contribution is 2.38. The fourth-order valence-electron chi connectivity index (χ4n) is 3.80. The molecule has 0 N–H and O–H groups in total. The molecule has 0 fully saturated rings. The highest BCUT2D eigenvalue weighted by Gasteiger charge is 2.45. The van der Waals surface area contributed by atoms with E-state index in [1.54, 1.807) is 18.2 Å². The number of carbonyl (C=O) groups is 1. The summed E-state index contributed by atoms with van der Waals surface area (Å²) in [5.74, 6) is 1.63. The second kappa shape index (κ2) is 11.2. The molecule has 0 radical (unpaired) electrons. The molecule has 4 rings (SSSR count). The Kier molecular flexibility index (Phi) is 8.16. The van der Waals surface area contributed by atoms with Gasteiger partial charge in [0, 0.05) is 5.02 Å². The highest BCUT2D eigenvalue weighted by atomic mass is 79.9. The van der Waals surface area contributed by atoms with Crippen LogP contribution in [-0.4, -0.2) is 29.9 Å². The summed E-state index contributed by atoms with van der Waals surface area (Å²) in [6.45, 7) is 1.37. The average molecular weight is 626 g/mol. The summed E-state index contributed by atoms with van der Waals surface area (Å²) < 4.78 is 54.6. The molecule has 0 unspecified atom stereocenters. The predicted octanol–water partition coefficient (Wildman–Crippen LogP) is 4.77. The molecule has 2 aromatic carbocycles. The van der Waals surface area contributed by atoms with E-state index in [0.29, 0.717) is 20.8 Å². The van der Waals surface area contributed by atoms with Crippen molar-refractivity contribution in [2.75, 3.05) is 13.2 Å². The van der Waals surface area contributed by atoms with Gasteiger partial charge in [-0.1, -0.05) is 47.1 Å². The molecule has 0 amide bonds. The first-order chi connectivity index (χ1) is 18.0. The van der Waals surface area contributed by atoms with E-state index in [1.807, 2.05) is 0 Å². The fraction of sp³-hybridized carbons (Fsp3) is 0.192. The van der Waals surface area contributed by atoms with Gasteiger partial charge >= 0.3 is 12.1 Å². The third-order valence-electron chi connectivity index (χ3n) is 5.35. The van der Waals surface area contributed by atoms with Gasteiger partial charge in [-0.3, -0.25) is 9.36 Å². The van der Waals surface area contributed by atoms with E-state index in [1.165, 1.54) is 37.3 Å². The van der Waals surface area contributed by atoms with Gasteiger partial charge in [0.2, 0.25) is 0 Å². The number of hydrogen-bond acceptors (Lipinski definition) is 6. The number of allylic oxidation sites excluding steroid dienone is 1. The lowest BCUT2D eigenvalue weighted by Crippen LogP contribution is -2.41. The van der Waals surface area contributed by atoms with Crippen molar-refractivity contribution in [3.8, 4) is 18.1 Å². The molecule has 0 aliphatic carbocycles. The zero-order chi connectivity index (χ0) is 27.6. The Labute approximate surface area is 231 Å². The SMILES string of the molecule is C#CCOc1ccc(/C=c2\sc3n(c2=O)[C@@H](c2ccc(Cl)cc2)C(C(=O)OCC)=C(C(F)(F)F)N=3)cc1Br. The molecular weight excluding hydrogens is 609 g/mol. The number of carbonyl (C=O) groups excluding carboxylic acids is 1. The maximum absolute atomic E-state index is 14.2. The van der Waals surface area contributed by atoms with Crippen LogP contribution < -0.4 is 19.6 Å². The Morgan fingerprint density at radius 2 is 2.00 bits per heavy atom. The summed E-state index contributed by atoms with van der Waals surface area (Å²) in [4.78, 5) is 30.0. The number of esters is 1. The molecule has 196 valence electrons. The number of rotatable bonds is 6. The van der Waals surface area contributed by atoms with Gasteiger partial charge in [-0.15, -0.1) is 6.42 Å². The summed E-state index contributed by atoms with van der Waals surface area (Å²) in [5.41, 5.74) is -2.02. The van der Waals surface area contributed by atoms with Crippen molar-refractivity contribution in [1.82, 2.24) is 4.57 Å². The molecule has 1 atom stereocenters. The third kappa shape index (κ3) is 5.57. The summed E-state index contributed by atoms with van der Waals surface area (Å²) in [7, 11) is 0. The lowest BCUT2D eigenvalue weighted by molar-refractivity contribution is -0.140. The van der Waals surface area contributed by atoms with Crippen LogP contribution in [0.25, 0.3) is 6.08 Å². The van der Waals surface area contributed by atoms with Crippen LogP contribution in [0.2, 0.25) is 5.02 Å². The quantitative estimate of drug-likeness (QED) is 0.293. The number of terminal acetylenes is 1. The van der Waals surface area contributed by atoms with Crippen molar-refractivity contribution in [2.24, 2.45) is 4.99 Å². The second-order valence-corrected chi connectivity index (χ2v) is 10.1. The molecule has 38 heavy (non-hydrogen) atoms. The molecule has 3 aromatic rings. The van der Waals surface area contributed by atoms with Gasteiger partial charge in [-0.25, -0.2) is 9.79 Å². The van der Waals surface area contributed by atoms with Crippen LogP contribution in [0.1, 0.15) is 24.1 Å². The Bertz CT molecular complexity index is 1650. The normalized spacial score (nSPS) is 15.5. The first kappa shape index (κ1) is 27.7. The van der Waals surface area contributed by atoms with Crippen LogP contribution in [0.15, 0.2) is 68.0 Å². The number of aromatic nitrogens is 1. The van der Waals surface area contributed by atoms with Crippen molar-refractivity contribution < 1.29 is 27.4 Å². The van der Waals surface area contributed by atoms with E-state index in [-0.39, 0.29) is 28.1 Å². The molecule has 6 nitrogen and oxygen atoms in total. The highest BCUT2D eigenvalue weighted by molar-refractivity contribution is 9.10. The molecule has 12 heteroatoms. The molecular formula is C26H17BrClF3N2O4S. The lowest BCUT2D eigenvalue weighted by Gasteiger charge is -2.26. The number of thiazole rings is 1. The van der Waals surface area contributed by atoms with E-state index in [9.17, 15) is 22.8 Å². The van der Waals surface area contributed by atoms with Crippen LogP contribution in [-0.2, 0) is 9.53 Å². The number of alkyl halides is 3. The van der Waals surface area contributed by atoms with E-state index >= 15 is 0 Å². The molecule has 2 heterocycles. The molecule has 0 saturated heterocycles. The van der Waals surface area contributed by atoms with Gasteiger partial charge < -0.3 is 9.47 Å². The van der Waals surface area contributed by atoms with Crippen molar-refractivity contribution in [2.45, 2.75) is 19.1 Å². The van der Waals surface area contributed by atoms with Crippen LogP contribution in [0, 0.1) is 12.3 Å². The Balaban J connectivity index is 1.96. The lowest BCUT2D eigenvalue weighted by atomic mass is 9.95. The summed E-state index contributed by atoms with van der Waals surface area (Å²) in [6.07, 6.45) is 1.74. The first-order valence-electron chi connectivity index (χ1n) is 11.0.